The quantitative estimate of drug-likeness (QED) is 0.816. The summed E-state index contributed by atoms with van der Waals surface area (Å²) in [4.78, 5) is 13.8. The third-order valence-electron chi connectivity index (χ3n) is 2.54. The Morgan fingerprint density at radius 3 is 2.62 bits per heavy atom. The molecule has 0 unspecified atom stereocenters. The van der Waals surface area contributed by atoms with Crippen molar-refractivity contribution in [3.8, 4) is 0 Å². The summed E-state index contributed by atoms with van der Waals surface area (Å²) in [6.07, 6.45) is 2.02. The van der Waals surface area contributed by atoms with Gasteiger partial charge in [-0.1, -0.05) is 18.2 Å². The van der Waals surface area contributed by atoms with Crippen LogP contribution >= 0.6 is 0 Å². The summed E-state index contributed by atoms with van der Waals surface area (Å²) < 4.78 is 0. The average Bonchev–Trinajstić information content (AvgIpc) is 2.28. The summed E-state index contributed by atoms with van der Waals surface area (Å²) in [6, 6.07) is 7.79. The molecule has 0 radical (unpaired) electrons. The Hall–Kier alpha value is -1.35. The van der Waals surface area contributed by atoms with E-state index < -0.39 is 0 Å². The van der Waals surface area contributed by atoms with Crippen LogP contribution in [0.2, 0.25) is 0 Å². The van der Waals surface area contributed by atoms with E-state index in [1.165, 1.54) is 0 Å². The van der Waals surface area contributed by atoms with Crippen molar-refractivity contribution >= 4 is 5.91 Å². The number of hydrogen-bond donors (Lipinski definition) is 1. The zero-order valence-corrected chi connectivity index (χ0v) is 10.3. The van der Waals surface area contributed by atoms with Crippen LogP contribution in [0.25, 0.3) is 0 Å². The van der Waals surface area contributed by atoms with Gasteiger partial charge in [0.2, 0.25) is 0 Å². The van der Waals surface area contributed by atoms with Crippen LogP contribution in [0.4, 0.5) is 0 Å². The normalized spacial score (nSPS) is 10.5. The molecule has 0 atom stereocenters. The number of carbonyl (C=O) groups excluding carboxylic acids is 1. The van der Waals surface area contributed by atoms with Crippen molar-refractivity contribution in [2.24, 2.45) is 0 Å². The first kappa shape index (κ1) is 12.7. The highest BCUT2D eigenvalue weighted by Gasteiger charge is 2.08. The number of nitrogens with one attached hydrogen (secondary N) is 1. The number of hydrogen-bond acceptors (Lipinski definition) is 2. The molecule has 1 aromatic carbocycles. The summed E-state index contributed by atoms with van der Waals surface area (Å²) in [6.45, 7) is 1.04. The molecule has 3 heteroatoms. The highest BCUT2D eigenvalue weighted by atomic mass is 16.1. The van der Waals surface area contributed by atoms with E-state index in [9.17, 15) is 4.79 Å². The van der Waals surface area contributed by atoms with E-state index in [1.54, 1.807) is 7.05 Å². The van der Waals surface area contributed by atoms with Gasteiger partial charge < -0.3 is 10.2 Å². The molecule has 0 aliphatic heterocycles. The van der Waals surface area contributed by atoms with E-state index in [-0.39, 0.29) is 5.91 Å². The first-order valence-corrected chi connectivity index (χ1v) is 5.60. The van der Waals surface area contributed by atoms with Crippen LogP contribution in [0, 0.1) is 0 Å². The monoisotopic (exact) mass is 220 g/mol. The van der Waals surface area contributed by atoms with Gasteiger partial charge in [0.05, 0.1) is 0 Å². The molecule has 1 rings (SSSR count). The molecule has 0 fully saturated rings. The molecule has 0 saturated heterocycles. The maximum atomic E-state index is 11.6. The average molecular weight is 220 g/mol. The molecule has 0 aliphatic carbocycles. The predicted molar refractivity (Wildman–Crippen MR) is 66.7 cm³/mol. The van der Waals surface area contributed by atoms with Crippen LogP contribution < -0.4 is 5.32 Å². The van der Waals surface area contributed by atoms with Crippen LogP contribution in [-0.2, 0) is 6.42 Å². The molecule has 3 nitrogen and oxygen atoms in total. The van der Waals surface area contributed by atoms with E-state index in [0.29, 0.717) is 0 Å². The maximum absolute atomic E-state index is 11.6. The minimum atomic E-state index is 0.000420. The second-order valence-electron chi connectivity index (χ2n) is 4.14. The van der Waals surface area contributed by atoms with E-state index in [2.05, 4.69) is 24.3 Å². The summed E-state index contributed by atoms with van der Waals surface area (Å²) in [5.41, 5.74) is 1.92. The molecule has 0 spiro atoms. The van der Waals surface area contributed by atoms with Gasteiger partial charge in [0.25, 0.3) is 5.91 Å². The molecule has 16 heavy (non-hydrogen) atoms. The molecular formula is C13H20N2O. The van der Waals surface area contributed by atoms with Crippen molar-refractivity contribution in [3.05, 3.63) is 35.4 Å². The highest BCUT2D eigenvalue weighted by molar-refractivity contribution is 5.95. The lowest BCUT2D eigenvalue weighted by Crippen LogP contribution is -2.20. The summed E-state index contributed by atoms with van der Waals surface area (Å²) in [5.74, 6) is 0.000420. The van der Waals surface area contributed by atoms with Crippen molar-refractivity contribution in [1.82, 2.24) is 10.2 Å². The lowest BCUT2D eigenvalue weighted by Gasteiger charge is -2.11. The van der Waals surface area contributed by atoms with Crippen molar-refractivity contribution < 1.29 is 4.79 Å². The largest absolute Gasteiger partial charge is 0.355 e. The van der Waals surface area contributed by atoms with Gasteiger partial charge in [-0.15, -0.1) is 0 Å². The molecule has 1 aromatic rings. The topological polar surface area (TPSA) is 32.3 Å². The van der Waals surface area contributed by atoms with Gasteiger partial charge in [0.1, 0.15) is 0 Å². The molecule has 1 amide bonds. The summed E-state index contributed by atoms with van der Waals surface area (Å²) in [5, 5.41) is 2.67. The molecule has 0 heterocycles. The smallest absolute Gasteiger partial charge is 0.251 e. The van der Waals surface area contributed by atoms with Crippen LogP contribution in [-0.4, -0.2) is 38.5 Å². The molecule has 0 aromatic heterocycles. The molecule has 88 valence electrons. The van der Waals surface area contributed by atoms with Crippen molar-refractivity contribution in [2.75, 3.05) is 27.7 Å². The Morgan fingerprint density at radius 1 is 1.31 bits per heavy atom. The van der Waals surface area contributed by atoms with Crippen LogP contribution in [0.1, 0.15) is 22.3 Å². The van der Waals surface area contributed by atoms with Gasteiger partial charge in [-0.2, -0.15) is 0 Å². The number of nitrogens with zero attached hydrogens (tertiary/aromatic N) is 1. The van der Waals surface area contributed by atoms with Crippen molar-refractivity contribution in [2.45, 2.75) is 12.8 Å². The lowest BCUT2D eigenvalue weighted by atomic mass is 10.0. The Labute approximate surface area is 97.5 Å². The number of benzene rings is 1. The highest BCUT2D eigenvalue weighted by Crippen LogP contribution is 2.11. The van der Waals surface area contributed by atoms with Gasteiger partial charge in [-0.25, -0.2) is 0 Å². The number of aryl methyl sites for hydroxylation is 1. The third kappa shape index (κ3) is 3.66. The minimum absolute atomic E-state index is 0.000420. The summed E-state index contributed by atoms with van der Waals surface area (Å²) in [7, 11) is 5.79. The molecular weight excluding hydrogens is 200 g/mol. The lowest BCUT2D eigenvalue weighted by molar-refractivity contribution is 0.0962. The zero-order valence-electron chi connectivity index (χ0n) is 10.3. The Kier molecular flexibility index (Phi) is 4.99. The SMILES string of the molecule is CNC(=O)c1ccccc1CCCN(C)C. The fraction of sp³-hybridized carbons (Fsp3) is 0.462. The predicted octanol–water partition coefficient (Wildman–Crippen LogP) is 1.54. The van der Waals surface area contributed by atoms with Gasteiger partial charge in [-0.05, 0) is 45.1 Å². The van der Waals surface area contributed by atoms with Crippen LogP contribution in [0.3, 0.4) is 0 Å². The minimum Gasteiger partial charge on any atom is -0.355 e. The Balaban J connectivity index is 2.67. The summed E-state index contributed by atoms with van der Waals surface area (Å²) >= 11 is 0. The fourth-order valence-corrected chi connectivity index (χ4v) is 1.68. The molecule has 1 N–H and O–H groups in total. The second kappa shape index (κ2) is 6.28. The van der Waals surface area contributed by atoms with Gasteiger partial charge in [0.15, 0.2) is 0 Å². The van der Waals surface area contributed by atoms with Crippen molar-refractivity contribution in [3.63, 3.8) is 0 Å². The van der Waals surface area contributed by atoms with E-state index in [4.69, 9.17) is 0 Å². The molecule has 0 aliphatic rings. The van der Waals surface area contributed by atoms with Crippen LogP contribution in [0.5, 0.6) is 0 Å². The number of carbonyl (C=O) groups is 1. The first-order chi connectivity index (χ1) is 7.65. The molecule has 0 saturated carbocycles. The maximum Gasteiger partial charge on any atom is 0.251 e. The van der Waals surface area contributed by atoms with Crippen molar-refractivity contribution in [1.29, 1.82) is 0 Å². The third-order valence-corrected chi connectivity index (χ3v) is 2.54. The Morgan fingerprint density at radius 2 is 2.00 bits per heavy atom. The molecule has 0 bridgehead atoms. The van der Waals surface area contributed by atoms with Gasteiger partial charge in [-0.3, -0.25) is 4.79 Å². The first-order valence-electron chi connectivity index (χ1n) is 5.60. The second-order valence-corrected chi connectivity index (χ2v) is 4.14. The Bertz CT molecular complexity index is 348. The van der Waals surface area contributed by atoms with Crippen LogP contribution in [0.15, 0.2) is 24.3 Å². The fourth-order valence-electron chi connectivity index (χ4n) is 1.68. The van der Waals surface area contributed by atoms with E-state index in [1.807, 2.05) is 24.3 Å². The standard InChI is InChI=1S/C13H20N2O/c1-14-13(16)12-9-5-4-7-11(12)8-6-10-15(2)3/h4-5,7,9H,6,8,10H2,1-3H3,(H,14,16). The van der Waals surface area contributed by atoms with E-state index in [0.717, 1.165) is 30.5 Å². The number of rotatable bonds is 5. The van der Waals surface area contributed by atoms with Gasteiger partial charge >= 0.3 is 0 Å². The number of amides is 1. The van der Waals surface area contributed by atoms with Gasteiger partial charge in [0, 0.05) is 12.6 Å². The zero-order chi connectivity index (χ0) is 12.0. The van der Waals surface area contributed by atoms with E-state index >= 15 is 0 Å².